The first-order chi connectivity index (χ1) is 14.5. The quantitative estimate of drug-likeness (QED) is 0.581. The van der Waals surface area contributed by atoms with E-state index in [-0.39, 0.29) is 23.4 Å². The number of fused-ring (bicyclic) bond motifs is 2. The average molecular weight is 413 g/mol. The summed E-state index contributed by atoms with van der Waals surface area (Å²) in [6.45, 7) is 7.72. The fourth-order valence-electron chi connectivity index (χ4n) is 7.33. The molecule has 1 saturated heterocycles. The van der Waals surface area contributed by atoms with E-state index in [0.717, 1.165) is 31.6 Å². The summed E-state index contributed by atoms with van der Waals surface area (Å²) in [5, 5.41) is 2.49. The van der Waals surface area contributed by atoms with Gasteiger partial charge in [-0.05, 0) is 74.8 Å². The Hall–Kier alpha value is -1.55. The van der Waals surface area contributed by atoms with E-state index in [0.29, 0.717) is 23.8 Å². The molecule has 30 heavy (non-hydrogen) atoms. The fraction of sp³-hybridized carbons (Fsp3) is 0.731. The van der Waals surface area contributed by atoms with Gasteiger partial charge in [0.1, 0.15) is 17.8 Å². The van der Waals surface area contributed by atoms with E-state index in [9.17, 15) is 4.79 Å². The lowest BCUT2D eigenvalue weighted by molar-refractivity contribution is -0.702. The molecule has 4 aliphatic rings. The van der Waals surface area contributed by atoms with E-state index in [1.165, 1.54) is 50.5 Å². The maximum atomic E-state index is 12.9. The molecule has 1 aromatic heterocycles. The van der Waals surface area contributed by atoms with E-state index in [4.69, 9.17) is 9.15 Å². The van der Waals surface area contributed by atoms with Gasteiger partial charge in [-0.25, -0.2) is 0 Å². The predicted octanol–water partition coefficient (Wildman–Crippen LogP) is 4.26. The lowest BCUT2D eigenvalue weighted by Crippen LogP contribution is -2.93. The van der Waals surface area contributed by atoms with Crippen molar-refractivity contribution in [3.63, 3.8) is 0 Å². The van der Waals surface area contributed by atoms with Crippen LogP contribution in [0.1, 0.15) is 70.5 Å². The van der Waals surface area contributed by atoms with Gasteiger partial charge in [-0.2, -0.15) is 0 Å². The van der Waals surface area contributed by atoms with Crippen LogP contribution >= 0.6 is 0 Å². The Balaban J connectivity index is 1.24. The maximum Gasteiger partial charge on any atom is 0.315 e. The third-order valence-electron chi connectivity index (χ3n) is 9.02. The second-order valence-corrected chi connectivity index (χ2v) is 10.9. The molecule has 4 fully saturated rings. The first kappa shape index (κ1) is 20.4. The summed E-state index contributed by atoms with van der Waals surface area (Å²) < 4.78 is 11.6. The van der Waals surface area contributed by atoms with Crippen molar-refractivity contribution in [2.24, 2.45) is 29.1 Å². The predicted molar refractivity (Wildman–Crippen MR) is 116 cm³/mol. The largest absolute Gasteiger partial charge is 0.469 e. The number of hydrogen-bond acceptors (Lipinski definition) is 3. The van der Waals surface area contributed by atoms with Gasteiger partial charge in [0.05, 0.1) is 18.8 Å². The Bertz CT molecular complexity index is 771. The molecular formula is C26H38NO3+. The summed E-state index contributed by atoms with van der Waals surface area (Å²) in [7, 11) is 0. The molecule has 5 rings (SSSR count). The smallest absolute Gasteiger partial charge is 0.315 e. The van der Waals surface area contributed by atoms with Gasteiger partial charge >= 0.3 is 5.97 Å². The highest BCUT2D eigenvalue weighted by atomic mass is 16.6. The van der Waals surface area contributed by atoms with Crippen molar-refractivity contribution in [1.29, 1.82) is 0 Å². The van der Waals surface area contributed by atoms with Crippen molar-refractivity contribution >= 4 is 5.97 Å². The number of carbonyl (C=O) groups excluding carboxylic acids is 1. The van der Waals surface area contributed by atoms with Gasteiger partial charge in [0, 0.05) is 18.3 Å². The first-order valence-electron chi connectivity index (χ1n) is 12.3. The molecule has 0 aromatic carbocycles. The Morgan fingerprint density at radius 2 is 2.13 bits per heavy atom. The Labute approximate surface area is 180 Å². The third-order valence-corrected chi connectivity index (χ3v) is 9.02. The van der Waals surface area contributed by atoms with Crippen molar-refractivity contribution in [3.8, 4) is 0 Å². The van der Waals surface area contributed by atoms with Crippen molar-refractivity contribution < 1.29 is 19.3 Å². The van der Waals surface area contributed by atoms with Crippen LogP contribution in [-0.2, 0) is 16.0 Å². The number of carbonyl (C=O) groups is 1. The van der Waals surface area contributed by atoms with Crippen LogP contribution in [0.15, 0.2) is 35.0 Å². The normalized spacial score (nSPS) is 41.2. The van der Waals surface area contributed by atoms with Crippen LogP contribution in [-0.4, -0.2) is 24.7 Å². The molecule has 1 aromatic rings. The van der Waals surface area contributed by atoms with Crippen molar-refractivity contribution in [2.75, 3.05) is 6.54 Å². The molecule has 2 N–H and O–H groups in total. The number of rotatable bonds is 5. The van der Waals surface area contributed by atoms with Gasteiger partial charge < -0.3 is 14.5 Å². The number of nitrogens with two attached hydrogens (primary N) is 1. The number of furan rings is 1. The van der Waals surface area contributed by atoms with Crippen LogP contribution in [0.25, 0.3) is 0 Å². The molecule has 0 unspecified atom stereocenters. The highest BCUT2D eigenvalue weighted by Crippen LogP contribution is 2.56. The summed E-state index contributed by atoms with van der Waals surface area (Å²) in [5.41, 5.74) is 1.71. The van der Waals surface area contributed by atoms with Gasteiger partial charge in [-0.3, -0.25) is 4.79 Å². The van der Waals surface area contributed by atoms with Crippen LogP contribution in [0.5, 0.6) is 0 Å². The molecule has 1 aliphatic heterocycles. The van der Waals surface area contributed by atoms with Gasteiger partial charge in [-0.1, -0.05) is 25.5 Å². The summed E-state index contributed by atoms with van der Waals surface area (Å²) >= 11 is 0. The van der Waals surface area contributed by atoms with Crippen LogP contribution in [0.4, 0.5) is 0 Å². The zero-order chi connectivity index (χ0) is 20.7. The monoisotopic (exact) mass is 412 g/mol. The number of quaternary nitrogens is 1. The van der Waals surface area contributed by atoms with Gasteiger partial charge in [0.15, 0.2) is 0 Å². The summed E-state index contributed by atoms with van der Waals surface area (Å²) in [6.07, 6.45) is 13.9. The van der Waals surface area contributed by atoms with E-state index >= 15 is 0 Å². The minimum atomic E-state index is 0.0560. The van der Waals surface area contributed by atoms with Crippen LogP contribution in [0.3, 0.4) is 0 Å². The second-order valence-electron chi connectivity index (χ2n) is 10.9. The Morgan fingerprint density at radius 3 is 2.97 bits per heavy atom. The van der Waals surface area contributed by atoms with E-state index in [1.807, 2.05) is 6.07 Å². The van der Waals surface area contributed by atoms with Crippen molar-refractivity contribution in [1.82, 2.24) is 0 Å². The third kappa shape index (κ3) is 3.77. The molecule has 7 atom stereocenters. The molecule has 0 amide bonds. The second kappa shape index (κ2) is 8.18. The molecular weight excluding hydrogens is 374 g/mol. The standard InChI is InChI=1S/C26H37NO3/c1-17-7-5-11-26(2)15-24-20(14-22(17)26)21(25(28)30-24)16-27-23-10-4-3-8-18(23)13-19-9-6-12-29-19/h6,9,12,18,20-24,27H,1,3-5,7-8,10-11,13-16H2,2H3/p+1/t18-,20-,21-,22-,23-,24-,26-/m1/s1. The molecule has 3 aliphatic carbocycles. The molecule has 2 heterocycles. The number of allylic oxidation sites excluding steroid dienone is 1. The summed E-state index contributed by atoms with van der Waals surface area (Å²) in [4.78, 5) is 12.9. The lowest BCUT2D eigenvalue weighted by Gasteiger charge is -2.49. The van der Waals surface area contributed by atoms with E-state index < -0.39 is 0 Å². The van der Waals surface area contributed by atoms with Crippen LogP contribution in [0, 0.1) is 29.1 Å². The molecule has 4 nitrogen and oxygen atoms in total. The van der Waals surface area contributed by atoms with Gasteiger partial charge in [-0.15, -0.1) is 0 Å². The maximum absolute atomic E-state index is 12.9. The number of ether oxygens (including phenoxy) is 1. The number of hydrogen-bond donors (Lipinski definition) is 1. The molecule has 0 bridgehead atoms. The Morgan fingerprint density at radius 1 is 1.27 bits per heavy atom. The number of esters is 1. The van der Waals surface area contributed by atoms with Crippen molar-refractivity contribution in [3.05, 3.63) is 36.3 Å². The summed E-state index contributed by atoms with van der Waals surface area (Å²) in [5.74, 6) is 2.82. The van der Waals surface area contributed by atoms with Crippen molar-refractivity contribution in [2.45, 2.75) is 83.3 Å². The topological polar surface area (TPSA) is 56.0 Å². The van der Waals surface area contributed by atoms with E-state index in [1.54, 1.807) is 6.26 Å². The summed E-state index contributed by atoms with van der Waals surface area (Å²) in [6, 6.07) is 4.68. The fourth-order valence-corrected chi connectivity index (χ4v) is 7.33. The molecule has 0 spiro atoms. The van der Waals surface area contributed by atoms with Gasteiger partial charge in [0.2, 0.25) is 0 Å². The van der Waals surface area contributed by atoms with Crippen LogP contribution < -0.4 is 5.32 Å². The highest BCUT2D eigenvalue weighted by Gasteiger charge is 2.55. The van der Waals surface area contributed by atoms with Gasteiger partial charge in [0.25, 0.3) is 0 Å². The molecule has 3 saturated carbocycles. The molecule has 164 valence electrons. The zero-order valence-corrected chi connectivity index (χ0v) is 18.5. The average Bonchev–Trinajstić information content (AvgIpc) is 3.33. The highest BCUT2D eigenvalue weighted by molar-refractivity contribution is 5.75. The van der Waals surface area contributed by atoms with Crippen LogP contribution in [0.2, 0.25) is 0 Å². The SMILES string of the molecule is C=C1CCC[C@]2(C)C[C@H]3OC(=O)[C@H](C[NH2+][C@@H]4CCCC[C@@H]4Cc4ccco4)[C@H]3C[C@H]12. The first-order valence-corrected chi connectivity index (χ1v) is 12.3. The molecule has 4 heteroatoms. The van der Waals surface area contributed by atoms with E-state index in [2.05, 4.69) is 24.9 Å². The minimum Gasteiger partial charge on any atom is -0.469 e. The minimum absolute atomic E-state index is 0.0560. The molecule has 0 radical (unpaired) electrons. The lowest BCUT2D eigenvalue weighted by atomic mass is 9.55. The zero-order valence-electron chi connectivity index (χ0n) is 18.5. The Kier molecular flexibility index (Phi) is 5.55.